The molecule has 7 heteroatoms. The third kappa shape index (κ3) is 4.14. The van der Waals surface area contributed by atoms with Crippen molar-refractivity contribution in [3.63, 3.8) is 0 Å². The summed E-state index contributed by atoms with van der Waals surface area (Å²) in [4.78, 5) is 14.5. The Morgan fingerprint density at radius 1 is 1.23 bits per heavy atom. The monoisotopic (exact) mass is 369 g/mol. The zero-order valence-corrected chi connectivity index (χ0v) is 15.4. The van der Waals surface area contributed by atoms with Gasteiger partial charge in [-0.25, -0.2) is 0 Å². The average molecular weight is 369 g/mol. The first-order valence-electron chi connectivity index (χ1n) is 8.93. The van der Waals surface area contributed by atoms with Crippen LogP contribution in [0.5, 0.6) is 0 Å². The van der Waals surface area contributed by atoms with Crippen LogP contribution in [-0.4, -0.2) is 29.9 Å². The SMILES string of the molecule is CC1(C)CC2CC(C)(CN2CC(=O)NNc2ccccc2C(F)(F)F)C1. The number of carbonyl (C=O) groups excluding carboxylic acids is 1. The number of hydrazine groups is 1. The quantitative estimate of drug-likeness (QED) is 0.787. The summed E-state index contributed by atoms with van der Waals surface area (Å²) in [6.07, 6.45) is -1.22. The second-order valence-electron chi connectivity index (χ2n) is 8.84. The van der Waals surface area contributed by atoms with Gasteiger partial charge in [-0.05, 0) is 42.2 Å². The Hall–Kier alpha value is -1.76. The molecule has 1 amide bonds. The molecule has 2 atom stereocenters. The minimum Gasteiger partial charge on any atom is -0.298 e. The molecule has 0 spiro atoms. The molecule has 4 nitrogen and oxygen atoms in total. The Balaban J connectivity index is 1.60. The molecule has 0 radical (unpaired) electrons. The van der Waals surface area contributed by atoms with Crippen molar-refractivity contribution in [1.82, 2.24) is 10.3 Å². The Bertz CT molecular complexity index is 689. The van der Waals surface area contributed by atoms with E-state index in [1.807, 2.05) is 0 Å². The number of amides is 1. The van der Waals surface area contributed by atoms with Crippen molar-refractivity contribution in [2.24, 2.45) is 10.8 Å². The van der Waals surface area contributed by atoms with Crippen molar-refractivity contribution in [2.45, 2.75) is 52.3 Å². The molecule has 144 valence electrons. The van der Waals surface area contributed by atoms with Gasteiger partial charge in [0.05, 0.1) is 17.8 Å². The molecule has 2 fully saturated rings. The summed E-state index contributed by atoms with van der Waals surface area (Å²) >= 11 is 0. The number of halogens is 3. The van der Waals surface area contributed by atoms with Crippen LogP contribution < -0.4 is 10.9 Å². The number of para-hydroxylation sites is 1. The lowest BCUT2D eigenvalue weighted by molar-refractivity contribution is -0.137. The van der Waals surface area contributed by atoms with Crippen LogP contribution in [0.3, 0.4) is 0 Å². The fourth-order valence-corrected chi connectivity index (χ4v) is 4.96. The lowest BCUT2D eigenvalue weighted by Gasteiger charge is -2.39. The average Bonchev–Trinajstić information content (AvgIpc) is 2.73. The summed E-state index contributed by atoms with van der Waals surface area (Å²) in [6.45, 7) is 7.83. The first-order chi connectivity index (χ1) is 12.0. The van der Waals surface area contributed by atoms with E-state index >= 15 is 0 Å². The number of fused-ring (bicyclic) bond motifs is 2. The predicted octanol–water partition coefficient (Wildman–Crippen LogP) is 4.05. The second-order valence-corrected chi connectivity index (χ2v) is 8.84. The highest BCUT2D eigenvalue weighted by atomic mass is 19.4. The van der Waals surface area contributed by atoms with Crippen LogP contribution in [0.25, 0.3) is 0 Å². The lowest BCUT2D eigenvalue weighted by Crippen LogP contribution is -2.42. The summed E-state index contributed by atoms with van der Waals surface area (Å²) in [7, 11) is 0. The molecule has 3 rings (SSSR count). The zero-order chi connectivity index (χ0) is 19.2. The molecular weight excluding hydrogens is 343 g/mol. The summed E-state index contributed by atoms with van der Waals surface area (Å²) in [5, 5.41) is 0. The maximum Gasteiger partial charge on any atom is 0.418 e. The van der Waals surface area contributed by atoms with E-state index in [-0.39, 0.29) is 29.0 Å². The largest absolute Gasteiger partial charge is 0.418 e. The number of carbonyl (C=O) groups is 1. The van der Waals surface area contributed by atoms with Crippen LogP contribution in [0.2, 0.25) is 0 Å². The fraction of sp³-hybridized carbons (Fsp3) is 0.632. The number of anilines is 1. The number of alkyl halides is 3. The number of rotatable bonds is 4. The molecule has 26 heavy (non-hydrogen) atoms. The first kappa shape index (κ1) is 19.0. The molecule has 0 aromatic heterocycles. The Kier molecular flexibility index (Phi) is 4.71. The molecule has 2 N–H and O–H groups in total. The number of hydrogen-bond acceptors (Lipinski definition) is 3. The van der Waals surface area contributed by atoms with Crippen molar-refractivity contribution < 1.29 is 18.0 Å². The van der Waals surface area contributed by atoms with Crippen LogP contribution in [0.4, 0.5) is 18.9 Å². The summed E-state index contributed by atoms with van der Waals surface area (Å²) in [5.74, 6) is -0.323. The highest BCUT2D eigenvalue weighted by molar-refractivity contribution is 5.79. The number of nitrogens with one attached hydrogen (secondary N) is 2. The summed E-state index contributed by atoms with van der Waals surface area (Å²) in [6, 6.07) is 5.46. The smallest absolute Gasteiger partial charge is 0.298 e. The van der Waals surface area contributed by atoms with E-state index in [1.165, 1.54) is 18.2 Å². The van der Waals surface area contributed by atoms with Gasteiger partial charge in [0.2, 0.25) is 0 Å². The first-order valence-corrected chi connectivity index (χ1v) is 8.93. The number of benzene rings is 1. The lowest BCUT2D eigenvalue weighted by atomic mass is 9.65. The molecule has 1 saturated heterocycles. The van der Waals surface area contributed by atoms with Crippen LogP contribution in [-0.2, 0) is 11.0 Å². The van der Waals surface area contributed by atoms with Gasteiger partial charge in [0, 0.05) is 12.6 Å². The van der Waals surface area contributed by atoms with Gasteiger partial charge >= 0.3 is 6.18 Å². The maximum absolute atomic E-state index is 13.0. The van der Waals surface area contributed by atoms with Gasteiger partial charge in [-0.1, -0.05) is 32.9 Å². The van der Waals surface area contributed by atoms with E-state index in [1.54, 1.807) is 0 Å². The second kappa shape index (κ2) is 6.44. The molecule has 2 aliphatic rings. The third-order valence-corrected chi connectivity index (χ3v) is 5.44. The Labute approximate surface area is 152 Å². The molecule has 1 heterocycles. The third-order valence-electron chi connectivity index (χ3n) is 5.44. The predicted molar refractivity (Wildman–Crippen MR) is 94.3 cm³/mol. The van der Waals surface area contributed by atoms with Gasteiger partial charge in [0.1, 0.15) is 0 Å². The number of hydrogen-bond donors (Lipinski definition) is 2. The molecule has 1 aromatic carbocycles. The van der Waals surface area contributed by atoms with E-state index in [9.17, 15) is 18.0 Å². The van der Waals surface area contributed by atoms with E-state index < -0.39 is 11.7 Å². The fourth-order valence-electron chi connectivity index (χ4n) is 4.96. The molecule has 1 aliphatic heterocycles. The highest BCUT2D eigenvalue weighted by Gasteiger charge is 2.49. The zero-order valence-electron chi connectivity index (χ0n) is 15.4. The van der Waals surface area contributed by atoms with Crippen molar-refractivity contribution in [1.29, 1.82) is 0 Å². The molecule has 2 bridgehead atoms. The van der Waals surface area contributed by atoms with Crippen LogP contribution in [0, 0.1) is 10.8 Å². The molecule has 1 aliphatic carbocycles. The summed E-state index contributed by atoms with van der Waals surface area (Å²) in [5.41, 5.74) is 4.37. The van der Waals surface area contributed by atoms with Crippen molar-refractivity contribution in [3.8, 4) is 0 Å². The van der Waals surface area contributed by atoms with Crippen molar-refractivity contribution >= 4 is 11.6 Å². The molecule has 1 saturated carbocycles. The maximum atomic E-state index is 13.0. The Morgan fingerprint density at radius 3 is 2.62 bits per heavy atom. The topological polar surface area (TPSA) is 44.4 Å². The minimum atomic E-state index is -4.47. The van der Waals surface area contributed by atoms with Crippen molar-refractivity contribution in [3.05, 3.63) is 29.8 Å². The van der Waals surface area contributed by atoms with Gasteiger partial charge in [0.25, 0.3) is 5.91 Å². The van der Waals surface area contributed by atoms with Crippen LogP contribution in [0.15, 0.2) is 24.3 Å². The van der Waals surface area contributed by atoms with E-state index in [0.717, 1.165) is 31.9 Å². The standard InChI is InChI=1S/C19H26F3N3O/c1-17(2)8-13-9-18(3,11-17)12-25(13)10-16(26)24-23-15-7-5-4-6-14(15)19(20,21)22/h4-7,13,23H,8-12H2,1-3H3,(H,24,26). The van der Waals surface area contributed by atoms with E-state index in [0.29, 0.717) is 6.04 Å². The van der Waals surface area contributed by atoms with E-state index in [4.69, 9.17) is 0 Å². The van der Waals surface area contributed by atoms with Gasteiger partial charge in [0.15, 0.2) is 0 Å². The van der Waals surface area contributed by atoms with Gasteiger partial charge in [-0.3, -0.25) is 20.5 Å². The molecule has 1 aromatic rings. The summed E-state index contributed by atoms with van der Waals surface area (Å²) < 4.78 is 39.0. The van der Waals surface area contributed by atoms with Crippen molar-refractivity contribution in [2.75, 3.05) is 18.5 Å². The number of likely N-dealkylation sites (tertiary alicyclic amines) is 1. The molecule has 2 unspecified atom stereocenters. The van der Waals surface area contributed by atoms with Gasteiger partial charge < -0.3 is 0 Å². The van der Waals surface area contributed by atoms with Gasteiger partial charge in [-0.15, -0.1) is 0 Å². The molecular formula is C19H26F3N3O. The number of nitrogens with zero attached hydrogens (tertiary/aromatic N) is 1. The minimum absolute atomic E-state index is 0.151. The van der Waals surface area contributed by atoms with Gasteiger partial charge in [-0.2, -0.15) is 13.2 Å². The highest BCUT2D eigenvalue weighted by Crippen LogP contribution is 2.52. The van der Waals surface area contributed by atoms with E-state index in [2.05, 4.69) is 36.5 Å². The van der Waals surface area contributed by atoms with Crippen LogP contribution in [0.1, 0.15) is 45.6 Å². The normalized spacial score (nSPS) is 28.0. The van der Waals surface area contributed by atoms with Crippen LogP contribution >= 0.6 is 0 Å². The Morgan fingerprint density at radius 2 is 1.92 bits per heavy atom.